The van der Waals surface area contributed by atoms with Crippen LogP contribution in [0, 0.1) is 18.3 Å². The molecule has 1 aromatic carbocycles. The summed E-state index contributed by atoms with van der Waals surface area (Å²) in [4.78, 5) is 18.5. The number of likely N-dealkylation sites (N-methyl/N-ethyl adjacent to an activating group) is 1. The van der Waals surface area contributed by atoms with Crippen molar-refractivity contribution >= 4 is 5.78 Å². The lowest BCUT2D eigenvalue weighted by Crippen LogP contribution is -2.26. The smallest absolute Gasteiger partial charge is 0.176 e. The Kier molecular flexibility index (Phi) is 4.81. The summed E-state index contributed by atoms with van der Waals surface area (Å²) < 4.78 is 0. The van der Waals surface area contributed by atoms with Gasteiger partial charge in [0.2, 0.25) is 0 Å². The number of nitriles is 1. The normalized spacial score (nSPS) is 10.4. The molecular weight excluding hydrogens is 262 g/mol. The van der Waals surface area contributed by atoms with Crippen molar-refractivity contribution in [1.29, 1.82) is 5.26 Å². The summed E-state index contributed by atoms with van der Waals surface area (Å²) in [5.74, 6) is 0.0367. The second-order valence-electron chi connectivity index (χ2n) is 5.05. The van der Waals surface area contributed by atoms with Crippen molar-refractivity contribution < 1.29 is 4.79 Å². The largest absolute Gasteiger partial charge is 0.293 e. The number of pyridine rings is 1. The first kappa shape index (κ1) is 14.9. The van der Waals surface area contributed by atoms with Crippen molar-refractivity contribution in [3.05, 3.63) is 65.0 Å². The van der Waals surface area contributed by atoms with Crippen molar-refractivity contribution in [2.75, 3.05) is 13.6 Å². The fourth-order valence-corrected chi connectivity index (χ4v) is 2.09. The number of benzene rings is 1. The van der Waals surface area contributed by atoms with E-state index in [0.717, 1.165) is 11.4 Å². The van der Waals surface area contributed by atoms with Gasteiger partial charge in [0.1, 0.15) is 0 Å². The molecule has 1 aromatic heterocycles. The minimum Gasteiger partial charge on any atom is -0.293 e. The van der Waals surface area contributed by atoms with E-state index in [0.29, 0.717) is 24.2 Å². The van der Waals surface area contributed by atoms with Gasteiger partial charge in [-0.2, -0.15) is 5.26 Å². The molecule has 2 aromatic rings. The molecule has 0 bridgehead atoms. The zero-order valence-corrected chi connectivity index (χ0v) is 12.2. The highest BCUT2D eigenvalue weighted by molar-refractivity contribution is 5.97. The van der Waals surface area contributed by atoms with E-state index >= 15 is 0 Å². The van der Waals surface area contributed by atoms with Gasteiger partial charge >= 0.3 is 0 Å². The number of hydrogen-bond acceptors (Lipinski definition) is 4. The zero-order chi connectivity index (χ0) is 15.2. The summed E-state index contributed by atoms with van der Waals surface area (Å²) in [6.07, 6.45) is 0. The molecule has 0 aliphatic rings. The third-order valence-electron chi connectivity index (χ3n) is 3.13. The van der Waals surface area contributed by atoms with Gasteiger partial charge in [-0.15, -0.1) is 0 Å². The maximum atomic E-state index is 12.2. The molecule has 0 unspecified atom stereocenters. The first-order valence-electron chi connectivity index (χ1n) is 6.73. The Bertz CT molecular complexity index is 671. The van der Waals surface area contributed by atoms with Crippen molar-refractivity contribution in [3.8, 4) is 6.07 Å². The topological polar surface area (TPSA) is 57.0 Å². The van der Waals surface area contributed by atoms with E-state index in [1.165, 1.54) is 0 Å². The van der Waals surface area contributed by atoms with Gasteiger partial charge in [-0.25, -0.2) is 0 Å². The second kappa shape index (κ2) is 6.78. The Hall–Kier alpha value is -2.51. The molecular formula is C17H17N3O. The molecule has 0 aliphatic carbocycles. The van der Waals surface area contributed by atoms with Crippen LogP contribution < -0.4 is 0 Å². The summed E-state index contributed by atoms with van der Waals surface area (Å²) >= 11 is 0. The van der Waals surface area contributed by atoms with Crippen LogP contribution in [0.4, 0.5) is 0 Å². The average molecular weight is 279 g/mol. The van der Waals surface area contributed by atoms with Gasteiger partial charge in [-0.05, 0) is 38.2 Å². The molecule has 0 aliphatic heterocycles. The molecule has 0 spiro atoms. The van der Waals surface area contributed by atoms with Gasteiger partial charge in [0.15, 0.2) is 5.78 Å². The van der Waals surface area contributed by atoms with Gasteiger partial charge in [0.25, 0.3) is 0 Å². The van der Waals surface area contributed by atoms with Crippen LogP contribution in [0.15, 0.2) is 42.5 Å². The molecule has 0 fully saturated rings. The maximum Gasteiger partial charge on any atom is 0.176 e. The van der Waals surface area contributed by atoms with Crippen molar-refractivity contribution in [2.24, 2.45) is 0 Å². The Labute approximate surface area is 124 Å². The Balaban J connectivity index is 1.97. The Morgan fingerprint density at radius 1 is 1.24 bits per heavy atom. The monoisotopic (exact) mass is 279 g/mol. The fourth-order valence-electron chi connectivity index (χ4n) is 2.09. The highest BCUT2D eigenvalue weighted by atomic mass is 16.1. The van der Waals surface area contributed by atoms with Crippen LogP contribution in [-0.4, -0.2) is 29.3 Å². The predicted octanol–water partition coefficient (Wildman–Crippen LogP) is 2.58. The lowest BCUT2D eigenvalue weighted by molar-refractivity contribution is 0.0942. The van der Waals surface area contributed by atoms with Gasteiger partial charge in [-0.3, -0.25) is 14.7 Å². The molecule has 1 heterocycles. The number of hydrogen-bond donors (Lipinski definition) is 0. The van der Waals surface area contributed by atoms with E-state index in [9.17, 15) is 4.79 Å². The van der Waals surface area contributed by atoms with Crippen LogP contribution >= 0.6 is 0 Å². The summed E-state index contributed by atoms with van der Waals surface area (Å²) in [5, 5.41) is 8.75. The van der Waals surface area contributed by atoms with Gasteiger partial charge in [0, 0.05) is 17.8 Å². The van der Waals surface area contributed by atoms with Crippen LogP contribution in [0.3, 0.4) is 0 Å². The molecule has 0 saturated heterocycles. The fraction of sp³-hybridized carbons (Fsp3) is 0.235. The molecule has 0 N–H and O–H groups in total. The van der Waals surface area contributed by atoms with Crippen molar-refractivity contribution in [1.82, 2.24) is 9.88 Å². The third kappa shape index (κ3) is 4.23. The Morgan fingerprint density at radius 2 is 1.95 bits per heavy atom. The number of rotatable bonds is 5. The highest BCUT2D eigenvalue weighted by Gasteiger charge is 2.10. The van der Waals surface area contributed by atoms with Crippen LogP contribution in [-0.2, 0) is 6.54 Å². The third-order valence-corrected chi connectivity index (χ3v) is 3.13. The molecule has 0 radical (unpaired) electrons. The maximum absolute atomic E-state index is 12.2. The summed E-state index contributed by atoms with van der Waals surface area (Å²) in [6.45, 7) is 2.90. The number of Topliss-reactive ketones (excluding diaryl/α,β-unsaturated/α-hetero) is 1. The van der Waals surface area contributed by atoms with Crippen LogP contribution in [0.1, 0.15) is 27.3 Å². The van der Waals surface area contributed by atoms with Crippen LogP contribution in [0.25, 0.3) is 0 Å². The first-order chi connectivity index (χ1) is 10.1. The van der Waals surface area contributed by atoms with E-state index in [2.05, 4.69) is 4.98 Å². The molecule has 0 amide bonds. The quantitative estimate of drug-likeness (QED) is 0.789. The Morgan fingerprint density at radius 3 is 2.57 bits per heavy atom. The van der Waals surface area contributed by atoms with Crippen molar-refractivity contribution in [2.45, 2.75) is 13.5 Å². The standard InChI is InChI=1S/C17H17N3O/c1-13-4-3-5-16(19-13)11-20(2)12-17(21)15-8-6-14(10-18)7-9-15/h3-9H,11-12H2,1-2H3. The molecule has 106 valence electrons. The van der Waals surface area contributed by atoms with Gasteiger partial charge in [-0.1, -0.05) is 18.2 Å². The zero-order valence-electron chi connectivity index (χ0n) is 12.2. The van der Waals surface area contributed by atoms with E-state index in [1.54, 1.807) is 24.3 Å². The second-order valence-corrected chi connectivity index (χ2v) is 5.05. The summed E-state index contributed by atoms with van der Waals surface area (Å²) in [6, 6.07) is 14.6. The number of carbonyl (C=O) groups is 1. The first-order valence-corrected chi connectivity index (χ1v) is 6.73. The van der Waals surface area contributed by atoms with E-state index in [1.807, 2.05) is 43.1 Å². The number of aryl methyl sites for hydroxylation is 1. The highest BCUT2D eigenvalue weighted by Crippen LogP contribution is 2.07. The number of aromatic nitrogens is 1. The average Bonchev–Trinajstić information content (AvgIpc) is 2.47. The summed E-state index contributed by atoms with van der Waals surface area (Å²) in [5.41, 5.74) is 3.10. The molecule has 0 saturated carbocycles. The van der Waals surface area contributed by atoms with Gasteiger partial charge < -0.3 is 0 Å². The molecule has 4 nitrogen and oxygen atoms in total. The molecule has 21 heavy (non-hydrogen) atoms. The number of carbonyl (C=O) groups excluding carboxylic acids is 1. The van der Waals surface area contributed by atoms with Crippen molar-refractivity contribution in [3.63, 3.8) is 0 Å². The minimum absolute atomic E-state index is 0.0367. The molecule has 2 rings (SSSR count). The van der Waals surface area contributed by atoms with Crippen LogP contribution in [0.5, 0.6) is 0 Å². The molecule has 0 atom stereocenters. The molecule has 4 heteroatoms. The van der Waals surface area contributed by atoms with E-state index in [-0.39, 0.29) is 5.78 Å². The minimum atomic E-state index is 0.0367. The van der Waals surface area contributed by atoms with E-state index in [4.69, 9.17) is 5.26 Å². The summed E-state index contributed by atoms with van der Waals surface area (Å²) in [7, 11) is 1.89. The lowest BCUT2D eigenvalue weighted by Gasteiger charge is -2.15. The lowest BCUT2D eigenvalue weighted by atomic mass is 10.1. The van der Waals surface area contributed by atoms with E-state index < -0.39 is 0 Å². The predicted molar refractivity (Wildman–Crippen MR) is 80.8 cm³/mol. The SMILES string of the molecule is Cc1cccc(CN(C)CC(=O)c2ccc(C#N)cc2)n1. The number of nitrogens with zero attached hydrogens (tertiary/aromatic N) is 3. The van der Waals surface area contributed by atoms with Crippen LogP contribution in [0.2, 0.25) is 0 Å². The van der Waals surface area contributed by atoms with Gasteiger partial charge in [0.05, 0.1) is 23.9 Å². The number of ketones is 1.